The predicted molar refractivity (Wildman–Crippen MR) is 103 cm³/mol. The van der Waals surface area contributed by atoms with Crippen LogP contribution < -0.4 is 5.32 Å². The van der Waals surface area contributed by atoms with Gasteiger partial charge < -0.3 is 14.6 Å². The molecule has 5 heteroatoms. The molecule has 1 amide bonds. The maximum atomic E-state index is 11.4. The van der Waals surface area contributed by atoms with E-state index in [0.29, 0.717) is 6.54 Å². The third-order valence-corrected chi connectivity index (χ3v) is 5.32. The second-order valence-corrected chi connectivity index (χ2v) is 8.01. The van der Waals surface area contributed by atoms with Gasteiger partial charge in [0.2, 0.25) is 5.91 Å². The molecule has 0 atom stereocenters. The minimum Gasteiger partial charge on any atom is -0.400 e. The summed E-state index contributed by atoms with van der Waals surface area (Å²) in [5.74, 6) is -0.0702. The molecule has 1 aromatic carbocycles. The van der Waals surface area contributed by atoms with Gasteiger partial charge >= 0.3 is 7.12 Å². The zero-order chi connectivity index (χ0) is 19.0. The van der Waals surface area contributed by atoms with E-state index in [9.17, 15) is 4.79 Å². The Morgan fingerprint density at radius 3 is 2.08 bits per heavy atom. The monoisotopic (exact) mass is 343 g/mol. The summed E-state index contributed by atoms with van der Waals surface area (Å²) >= 11 is 0. The Bertz CT molecular complexity index is 691. The number of hydrogen-bond donors (Lipinski definition) is 1. The molecule has 0 aromatic heterocycles. The smallest absolute Gasteiger partial charge is 0.400 e. The van der Waals surface area contributed by atoms with Crippen molar-refractivity contribution >= 4 is 19.1 Å². The normalized spacial score (nSPS) is 19.2. The lowest BCUT2D eigenvalue weighted by molar-refractivity contribution is -0.118. The fourth-order valence-corrected chi connectivity index (χ4v) is 2.76. The summed E-state index contributed by atoms with van der Waals surface area (Å²) in [6.45, 7) is 16.4. The number of amides is 1. The van der Waals surface area contributed by atoms with Crippen LogP contribution in [0.15, 0.2) is 17.6 Å². The highest BCUT2D eigenvalue weighted by Gasteiger charge is 2.52. The first-order valence-corrected chi connectivity index (χ1v) is 8.81. The Hall–Kier alpha value is -1.59. The summed E-state index contributed by atoms with van der Waals surface area (Å²) in [6, 6.07) is 4.35. The zero-order valence-corrected chi connectivity index (χ0v) is 16.7. The minimum atomic E-state index is -0.474. The van der Waals surface area contributed by atoms with Crippen molar-refractivity contribution in [2.24, 2.45) is 0 Å². The zero-order valence-electron chi connectivity index (χ0n) is 16.7. The van der Waals surface area contributed by atoms with Gasteiger partial charge in [-0.25, -0.2) is 0 Å². The van der Waals surface area contributed by atoms with E-state index in [1.807, 2.05) is 27.7 Å². The van der Waals surface area contributed by atoms with Crippen molar-refractivity contribution in [1.82, 2.24) is 5.32 Å². The van der Waals surface area contributed by atoms with Crippen molar-refractivity contribution in [2.75, 3.05) is 6.54 Å². The molecule has 0 radical (unpaired) electrons. The maximum absolute atomic E-state index is 11.4. The van der Waals surface area contributed by atoms with Crippen LogP contribution in [0.5, 0.6) is 0 Å². The summed E-state index contributed by atoms with van der Waals surface area (Å²) in [4.78, 5) is 11.4. The second-order valence-electron chi connectivity index (χ2n) is 8.01. The van der Waals surface area contributed by atoms with E-state index in [4.69, 9.17) is 9.31 Å². The summed E-state index contributed by atoms with van der Waals surface area (Å²) < 4.78 is 12.4. The van der Waals surface area contributed by atoms with Crippen molar-refractivity contribution in [3.8, 4) is 0 Å². The van der Waals surface area contributed by atoms with E-state index in [1.165, 1.54) is 23.6 Å². The fraction of sp³-hybridized carbons (Fsp3) is 0.550. The van der Waals surface area contributed by atoms with E-state index in [1.54, 1.807) is 0 Å². The lowest BCUT2D eigenvalue weighted by Crippen LogP contribution is -2.41. The van der Waals surface area contributed by atoms with Gasteiger partial charge in [0.15, 0.2) is 0 Å². The molecule has 136 valence electrons. The molecule has 0 unspecified atom stereocenters. The number of rotatable bonds is 4. The molecule has 1 saturated heterocycles. The van der Waals surface area contributed by atoms with E-state index in [0.717, 1.165) is 11.0 Å². The van der Waals surface area contributed by atoms with Gasteiger partial charge in [0.05, 0.1) is 11.2 Å². The maximum Gasteiger partial charge on any atom is 0.492 e. The standard InChI is InChI=1S/C20H30BNO3/c1-13-9-15(3)17(10-14(13)2)11-18(12-22-16(4)23)21-24-19(5,6)20(7,8)25-21/h9-11H,12H2,1-8H3,(H,22,23). The van der Waals surface area contributed by atoms with E-state index in [2.05, 4.69) is 44.3 Å². The first-order chi connectivity index (χ1) is 11.4. The molecule has 0 aliphatic carbocycles. The number of carbonyl (C=O) groups is 1. The Kier molecular flexibility index (Phi) is 5.50. The van der Waals surface area contributed by atoms with Crippen LogP contribution in [0.25, 0.3) is 6.08 Å². The molecule has 1 N–H and O–H groups in total. The molecule has 1 aromatic rings. The van der Waals surface area contributed by atoms with Crippen LogP contribution in [-0.4, -0.2) is 30.8 Å². The van der Waals surface area contributed by atoms with Crippen molar-refractivity contribution in [3.05, 3.63) is 39.9 Å². The minimum absolute atomic E-state index is 0.0702. The van der Waals surface area contributed by atoms with Crippen LogP contribution in [0.3, 0.4) is 0 Å². The summed E-state index contributed by atoms with van der Waals surface area (Å²) in [5, 5.41) is 2.88. The van der Waals surface area contributed by atoms with Crippen LogP contribution in [0.1, 0.15) is 56.9 Å². The van der Waals surface area contributed by atoms with Gasteiger partial charge in [-0.05, 0) is 76.2 Å². The Morgan fingerprint density at radius 1 is 1.04 bits per heavy atom. The van der Waals surface area contributed by atoms with Crippen LogP contribution in [0.4, 0.5) is 0 Å². The SMILES string of the molecule is CC(=O)NCC(=Cc1cc(C)c(C)cc1C)B1OC(C)(C)C(C)(C)O1. The molecule has 0 spiro atoms. The highest BCUT2D eigenvalue weighted by molar-refractivity contribution is 6.56. The van der Waals surface area contributed by atoms with Gasteiger partial charge in [0, 0.05) is 13.5 Å². The molecule has 1 aliphatic rings. The molecular weight excluding hydrogens is 313 g/mol. The highest BCUT2D eigenvalue weighted by atomic mass is 16.7. The van der Waals surface area contributed by atoms with E-state index in [-0.39, 0.29) is 5.91 Å². The molecule has 2 rings (SSSR count). The summed E-state index contributed by atoms with van der Waals surface area (Å²) in [5.41, 5.74) is 4.92. The fourth-order valence-electron chi connectivity index (χ4n) is 2.76. The van der Waals surface area contributed by atoms with Crippen molar-refractivity contribution in [1.29, 1.82) is 0 Å². The lowest BCUT2D eigenvalue weighted by atomic mass is 9.76. The molecule has 1 heterocycles. The molecule has 0 bridgehead atoms. The van der Waals surface area contributed by atoms with Gasteiger partial charge in [-0.3, -0.25) is 4.79 Å². The Balaban J connectivity index is 2.40. The van der Waals surface area contributed by atoms with Crippen LogP contribution in [0, 0.1) is 20.8 Å². The molecular formula is C20H30BNO3. The highest BCUT2D eigenvalue weighted by Crippen LogP contribution is 2.38. The van der Waals surface area contributed by atoms with Crippen LogP contribution >= 0.6 is 0 Å². The van der Waals surface area contributed by atoms with Crippen LogP contribution in [0.2, 0.25) is 0 Å². The third-order valence-electron chi connectivity index (χ3n) is 5.32. The molecule has 0 saturated carbocycles. The van der Waals surface area contributed by atoms with E-state index >= 15 is 0 Å². The quantitative estimate of drug-likeness (QED) is 0.847. The van der Waals surface area contributed by atoms with Gasteiger partial charge in [0.1, 0.15) is 0 Å². The van der Waals surface area contributed by atoms with E-state index < -0.39 is 18.3 Å². The summed E-state index contributed by atoms with van der Waals surface area (Å²) in [6.07, 6.45) is 2.08. The number of nitrogens with one attached hydrogen (secondary N) is 1. The van der Waals surface area contributed by atoms with Crippen molar-refractivity contribution in [3.63, 3.8) is 0 Å². The molecule has 1 aliphatic heterocycles. The van der Waals surface area contributed by atoms with Crippen LogP contribution in [-0.2, 0) is 14.1 Å². The molecule has 1 fully saturated rings. The average molecular weight is 343 g/mol. The average Bonchev–Trinajstić information content (AvgIpc) is 2.68. The number of carbonyl (C=O) groups excluding carboxylic acids is 1. The Morgan fingerprint density at radius 2 is 1.56 bits per heavy atom. The second kappa shape index (κ2) is 6.97. The van der Waals surface area contributed by atoms with Gasteiger partial charge in [-0.1, -0.05) is 18.2 Å². The van der Waals surface area contributed by atoms with Gasteiger partial charge in [0.25, 0.3) is 0 Å². The van der Waals surface area contributed by atoms with Crippen molar-refractivity contribution in [2.45, 2.75) is 66.6 Å². The van der Waals surface area contributed by atoms with Gasteiger partial charge in [-0.2, -0.15) is 0 Å². The number of hydrogen-bond acceptors (Lipinski definition) is 3. The third kappa shape index (κ3) is 4.34. The first-order valence-electron chi connectivity index (χ1n) is 8.81. The lowest BCUT2D eigenvalue weighted by Gasteiger charge is -2.32. The van der Waals surface area contributed by atoms with Crippen molar-refractivity contribution < 1.29 is 14.1 Å². The predicted octanol–water partition coefficient (Wildman–Crippen LogP) is 3.76. The number of aryl methyl sites for hydroxylation is 3. The Labute approximate surface area is 152 Å². The summed E-state index contributed by atoms with van der Waals surface area (Å²) in [7, 11) is -0.474. The van der Waals surface area contributed by atoms with Gasteiger partial charge in [-0.15, -0.1) is 0 Å². The number of benzene rings is 1. The molecule has 25 heavy (non-hydrogen) atoms. The molecule has 4 nitrogen and oxygen atoms in total. The largest absolute Gasteiger partial charge is 0.492 e. The topological polar surface area (TPSA) is 47.6 Å². The first kappa shape index (κ1) is 19.7.